The fourth-order valence-corrected chi connectivity index (χ4v) is 3.79. The third kappa shape index (κ3) is 4.81. The van der Waals surface area contributed by atoms with Crippen molar-refractivity contribution in [3.05, 3.63) is 75.9 Å². The first kappa shape index (κ1) is 20.1. The minimum Gasteiger partial charge on any atom is -0.496 e. The van der Waals surface area contributed by atoms with Gasteiger partial charge in [0.25, 0.3) is 0 Å². The number of nitrogens with zero attached hydrogens (tertiary/aromatic N) is 3. The maximum Gasteiger partial charge on any atom is 0.228 e. The van der Waals surface area contributed by atoms with Gasteiger partial charge in [-0.25, -0.2) is 4.98 Å². The van der Waals surface area contributed by atoms with Gasteiger partial charge in [0.15, 0.2) is 0 Å². The van der Waals surface area contributed by atoms with Gasteiger partial charge in [0, 0.05) is 18.3 Å². The van der Waals surface area contributed by atoms with E-state index in [4.69, 9.17) is 10.5 Å². The molecule has 0 radical (unpaired) electrons. The van der Waals surface area contributed by atoms with Crippen molar-refractivity contribution in [3.8, 4) is 5.75 Å². The van der Waals surface area contributed by atoms with Crippen LogP contribution in [-0.2, 0) is 6.42 Å². The molecule has 0 bridgehead atoms. The van der Waals surface area contributed by atoms with Crippen molar-refractivity contribution >= 4 is 27.7 Å². The molecule has 0 spiro atoms. The molecule has 0 unspecified atom stereocenters. The highest BCUT2D eigenvalue weighted by Gasteiger charge is 2.19. The minimum absolute atomic E-state index is 0.115. The summed E-state index contributed by atoms with van der Waals surface area (Å²) in [5.41, 5.74) is 9.28. The molecule has 0 amide bonds. The quantitative estimate of drug-likeness (QED) is 0.562. The van der Waals surface area contributed by atoms with Gasteiger partial charge in [0.05, 0.1) is 17.6 Å². The Labute approximate surface area is 174 Å². The van der Waals surface area contributed by atoms with Crippen LogP contribution in [0.4, 0.5) is 11.8 Å². The van der Waals surface area contributed by atoms with Crippen LogP contribution < -0.4 is 15.4 Å². The lowest BCUT2D eigenvalue weighted by Crippen LogP contribution is -2.31. The van der Waals surface area contributed by atoms with Crippen molar-refractivity contribution in [1.29, 1.82) is 0 Å². The van der Waals surface area contributed by atoms with Crippen LogP contribution in [0.2, 0.25) is 0 Å². The summed E-state index contributed by atoms with van der Waals surface area (Å²) in [5, 5.41) is 0. The number of rotatable bonds is 7. The summed E-state index contributed by atoms with van der Waals surface area (Å²) in [6, 6.07) is 18.4. The smallest absolute Gasteiger partial charge is 0.228 e. The van der Waals surface area contributed by atoms with E-state index in [1.54, 1.807) is 13.2 Å². The Hall–Kier alpha value is -2.60. The third-order valence-electron chi connectivity index (χ3n) is 4.73. The molecule has 0 aliphatic heterocycles. The summed E-state index contributed by atoms with van der Waals surface area (Å²) < 4.78 is 6.28. The van der Waals surface area contributed by atoms with E-state index in [-0.39, 0.29) is 6.04 Å². The second kappa shape index (κ2) is 9.06. The van der Waals surface area contributed by atoms with Crippen molar-refractivity contribution in [3.63, 3.8) is 0 Å². The molecule has 2 N–H and O–H groups in total. The van der Waals surface area contributed by atoms with Crippen LogP contribution in [0, 0.1) is 6.92 Å². The number of hydrogen-bond acceptors (Lipinski definition) is 5. The van der Waals surface area contributed by atoms with E-state index in [1.807, 2.05) is 19.1 Å². The Morgan fingerprint density at radius 2 is 1.86 bits per heavy atom. The standard InChI is InChI=1S/C22H25BrN4O/c1-15-13-21(24)26-22(25-15)27(16(2)18-7-5-4-6-8-18)12-11-17-9-10-20(28-3)19(23)14-17/h4-10,13-14,16H,11-12H2,1-3H3,(H2,24,25,26)/t16-/m0/s1. The van der Waals surface area contributed by atoms with Gasteiger partial charge in [-0.15, -0.1) is 0 Å². The molecule has 0 aliphatic rings. The Morgan fingerprint density at radius 3 is 2.50 bits per heavy atom. The molecule has 28 heavy (non-hydrogen) atoms. The number of halogens is 1. The number of anilines is 2. The average molecular weight is 441 g/mol. The number of benzene rings is 2. The van der Waals surface area contributed by atoms with Crippen LogP contribution in [0.25, 0.3) is 0 Å². The number of aromatic nitrogens is 2. The Balaban J connectivity index is 1.88. The minimum atomic E-state index is 0.115. The van der Waals surface area contributed by atoms with Crippen molar-refractivity contribution in [2.45, 2.75) is 26.3 Å². The molecule has 5 nitrogen and oxygen atoms in total. The molecule has 146 valence electrons. The molecule has 1 heterocycles. The van der Waals surface area contributed by atoms with E-state index in [0.29, 0.717) is 11.8 Å². The van der Waals surface area contributed by atoms with E-state index in [2.05, 4.69) is 74.1 Å². The number of hydrogen-bond donors (Lipinski definition) is 1. The lowest BCUT2D eigenvalue weighted by atomic mass is 10.1. The van der Waals surface area contributed by atoms with E-state index < -0.39 is 0 Å². The zero-order valence-corrected chi connectivity index (χ0v) is 18.0. The fraction of sp³-hybridized carbons (Fsp3) is 0.273. The molecule has 3 rings (SSSR count). The SMILES string of the molecule is COc1ccc(CCN(c2nc(C)cc(N)n2)[C@@H](C)c2ccccc2)cc1Br. The van der Waals surface area contributed by atoms with Gasteiger partial charge in [-0.2, -0.15) is 4.98 Å². The second-order valence-corrected chi connectivity index (χ2v) is 7.59. The molecule has 0 fully saturated rings. The van der Waals surface area contributed by atoms with E-state index in [9.17, 15) is 0 Å². The summed E-state index contributed by atoms with van der Waals surface area (Å²) in [7, 11) is 1.67. The Bertz CT molecular complexity index is 913. The number of aryl methyl sites for hydroxylation is 1. The van der Waals surface area contributed by atoms with Crippen LogP contribution >= 0.6 is 15.9 Å². The van der Waals surface area contributed by atoms with E-state index >= 15 is 0 Å². The Kier molecular flexibility index (Phi) is 6.52. The summed E-state index contributed by atoms with van der Waals surface area (Å²) in [4.78, 5) is 11.4. The highest BCUT2D eigenvalue weighted by Crippen LogP contribution is 2.28. The van der Waals surface area contributed by atoms with Gasteiger partial charge < -0.3 is 15.4 Å². The van der Waals surface area contributed by atoms with Gasteiger partial charge in [-0.05, 0) is 59.5 Å². The van der Waals surface area contributed by atoms with Gasteiger partial charge >= 0.3 is 0 Å². The van der Waals surface area contributed by atoms with Gasteiger partial charge in [0.1, 0.15) is 11.6 Å². The lowest BCUT2D eigenvalue weighted by molar-refractivity contribution is 0.412. The molecule has 0 saturated carbocycles. The largest absolute Gasteiger partial charge is 0.496 e. The monoisotopic (exact) mass is 440 g/mol. The van der Waals surface area contributed by atoms with Crippen LogP contribution in [-0.4, -0.2) is 23.6 Å². The number of nitrogen functional groups attached to an aromatic ring is 1. The summed E-state index contributed by atoms with van der Waals surface area (Å²) >= 11 is 3.56. The Morgan fingerprint density at radius 1 is 1.11 bits per heavy atom. The first-order valence-corrected chi connectivity index (χ1v) is 10.0. The third-order valence-corrected chi connectivity index (χ3v) is 5.35. The van der Waals surface area contributed by atoms with Crippen molar-refractivity contribution in [2.75, 3.05) is 24.3 Å². The van der Waals surface area contributed by atoms with Gasteiger partial charge in [-0.3, -0.25) is 0 Å². The molecule has 1 atom stereocenters. The maximum absolute atomic E-state index is 6.00. The van der Waals surface area contributed by atoms with Crippen LogP contribution in [0.1, 0.15) is 29.8 Å². The van der Waals surface area contributed by atoms with Gasteiger partial charge in [0.2, 0.25) is 5.95 Å². The molecule has 3 aromatic rings. The maximum atomic E-state index is 6.00. The molecule has 6 heteroatoms. The second-order valence-electron chi connectivity index (χ2n) is 6.73. The number of ether oxygens (including phenoxy) is 1. The molecular weight excluding hydrogens is 416 g/mol. The zero-order chi connectivity index (χ0) is 20.1. The highest BCUT2D eigenvalue weighted by atomic mass is 79.9. The van der Waals surface area contributed by atoms with Crippen LogP contribution in [0.15, 0.2) is 59.1 Å². The molecule has 1 aromatic heterocycles. The molecule has 2 aromatic carbocycles. The van der Waals surface area contributed by atoms with Crippen molar-refractivity contribution < 1.29 is 4.74 Å². The van der Waals surface area contributed by atoms with Crippen LogP contribution in [0.5, 0.6) is 5.75 Å². The lowest BCUT2D eigenvalue weighted by Gasteiger charge is -2.30. The topological polar surface area (TPSA) is 64.3 Å². The first-order chi connectivity index (χ1) is 13.5. The van der Waals surface area contributed by atoms with Crippen molar-refractivity contribution in [2.24, 2.45) is 0 Å². The summed E-state index contributed by atoms with van der Waals surface area (Å²) in [6.45, 7) is 4.87. The predicted molar refractivity (Wildman–Crippen MR) is 118 cm³/mol. The molecule has 0 saturated heterocycles. The van der Waals surface area contributed by atoms with E-state index in [0.717, 1.165) is 28.9 Å². The van der Waals surface area contributed by atoms with E-state index in [1.165, 1.54) is 11.1 Å². The average Bonchev–Trinajstić information content (AvgIpc) is 2.68. The number of nitrogens with two attached hydrogens (primary N) is 1. The predicted octanol–water partition coefficient (Wildman–Crippen LogP) is 4.95. The van der Waals surface area contributed by atoms with Gasteiger partial charge in [-0.1, -0.05) is 36.4 Å². The number of methoxy groups -OCH3 is 1. The highest BCUT2D eigenvalue weighted by molar-refractivity contribution is 9.10. The first-order valence-electron chi connectivity index (χ1n) is 9.23. The fourth-order valence-electron chi connectivity index (χ4n) is 3.20. The molecular formula is C22H25BrN4O. The molecule has 0 aliphatic carbocycles. The van der Waals surface area contributed by atoms with Crippen LogP contribution in [0.3, 0.4) is 0 Å². The summed E-state index contributed by atoms with van der Waals surface area (Å²) in [6.07, 6.45) is 0.844. The normalized spacial score (nSPS) is 11.9. The summed E-state index contributed by atoms with van der Waals surface area (Å²) in [5.74, 6) is 1.97. The zero-order valence-electron chi connectivity index (χ0n) is 16.4. The van der Waals surface area contributed by atoms with Crippen molar-refractivity contribution in [1.82, 2.24) is 9.97 Å².